The summed E-state index contributed by atoms with van der Waals surface area (Å²) in [5.74, 6) is 2.33. The third-order valence-corrected chi connectivity index (χ3v) is 4.10. The highest BCUT2D eigenvalue weighted by molar-refractivity contribution is 14.0. The van der Waals surface area contributed by atoms with Crippen molar-refractivity contribution < 1.29 is 9.21 Å². The summed E-state index contributed by atoms with van der Waals surface area (Å²) >= 11 is 0. The van der Waals surface area contributed by atoms with E-state index in [1.54, 1.807) is 6.20 Å². The van der Waals surface area contributed by atoms with Gasteiger partial charge in [0.2, 0.25) is 11.8 Å². The predicted octanol–water partition coefficient (Wildman–Crippen LogP) is 2.66. The minimum absolute atomic E-state index is 0. The summed E-state index contributed by atoms with van der Waals surface area (Å²) < 4.78 is 5.75. The van der Waals surface area contributed by atoms with Crippen LogP contribution in [0.5, 0.6) is 0 Å². The molecule has 0 saturated carbocycles. The second kappa shape index (κ2) is 10.7. The molecule has 0 radical (unpaired) electrons. The van der Waals surface area contributed by atoms with E-state index in [0.29, 0.717) is 31.4 Å². The lowest BCUT2D eigenvalue weighted by molar-refractivity contribution is -0.129. The van der Waals surface area contributed by atoms with Gasteiger partial charge < -0.3 is 20.0 Å². The van der Waals surface area contributed by atoms with Crippen molar-refractivity contribution in [2.45, 2.75) is 58.9 Å². The number of hydrogen-bond acceptors (Lipinski definition) is 4. The summed E-state index contributed by atoms with van der Waals surface area (Å²) in [5.41, 5.74) is -0.0619. The first-order valence-corrected chi connectivity index (χ1v) is 9.15. The molecule has 0 bridgehead atoms. The first-order valence-electron chi connectivity index (χ1n) is 9.15. The number of nitrogens with zero attached hydrogens (tertiary/aromatic N) is 3. The van der Waals surface area contributed by atoms with Crippen molar-refractivity contribution >= 4 is 35.8 Å². The molecule has 0 unspecified atom stereocenters. The number of carbonyl (C=O) groups excluding carboxylic acids is 1. The Morgan fingerprint density at radius 1 is 1.31 bits per heavy atom. The van der Waals surface area contributed by atoms with Crippen molar-refractivity contribution in [1.29, 1.82) is 0 Å². The van der Waals surface area contributed by atoms with E-state index >= 15 is 0 Å². The molecule has 0 aliphatic carbocycles. The predicted molar refractivity (Wildman–Crippen MR) is 114 cm³/mol. The minimum atomic E-state index is -0.0619. The fourth-order valence-corrected chi connectivity index (χ4v) is 2.63. The summed E-state index contributed by atoms with van der Waals surface area (Å²) in [4.78, 5) is 22.8. The van der Waals surface area contributed by atoms with Gasteiger partial charge >= 0.3 is 0 Å². The lowest BCUT2D eigenvalue weighted by Gasteiger charge is -2.16. The zero-order chi connectivity index (χ0) is 18.3. The number of guanidine groups is 1. The Balaban J connectivity index is 0.00000338. The summed E-state index contributed by atoms with van der Waals surface area (Å²) in [6, 6.07) is 0. The van der Waals surface area contributed by atoms with Crippen LogP contribution in [0.4, 0.5) is 0 Å². The van der Waals surface area contributed by atoms with Crippen LogP contribution in [0.1, 0.15) is 58.6 Å². The molecule has 26 heavy (non-hydrogen) atoms. The standard InChI is InChI=1S/C18H31N5O2.HI/c1-5-19-17(20-9-8-16(24)23-10-6-7-11-23)22-13-15-21-12-14(25-15)18(2,3)4;/h12H,5-11,13H2,1-4H3,(H2,19,20,22);1H. The van der Waals surface area contributed by atoms with E-state index in [2.05, 4.69) is 41.4 Å². The number of halogens is 1. The molecule has 1 saturated heterocycles. The Hall–Kier alpha value is -1.32. The van der Waals surface area contributed by atoms with Crippen LogP contribution in [0.25, 0.3) is 0 Å². The minimum Gasteiger partial charge on any atom is -0.443 e. The van der Waals surface area contributed by atoms with Crippen molar-refractivity contribution in [1.82, 2.24) is 20.5 Å². The van der Waals surface area contributed by atoms with Gasteiger partial charge in [0, 0.05) is 38.0 Å². The number of likely N-dealkylation sites (tertiary alicyclic amines) is 1. The first-order chi connectivity index (χ1) is 11.9. The molecule has 2 rings (SSSR count). The van der Waals surface area contributed by atoms with Gasteiger partial charge in [-0.15, -0.1) is 24.0 Å². The van der Waals surface area contributed by atoms with Crippen LogP contribution < -0.4 is 10.6 Å². The number of amides is 1. The van der Waals surface area contributed by atoms with E-state index in [0.717, 1.165) is 38.2 Å². The highest BCUT2D eigenvalue weighted by Gasteiger charge is 2.19. The van der Waals surface area contributed by atoms with Crippen LogP contribution in [-0.4, -0.2) is 47.9 Å². The number of aromatic nitrogens is 1. The molecule has 148 valence electrons. The molecule has 1 aliphatic heterocycles. The van der Waals surface area contributed by atoms with Gasteiger partial charge in [0.15, 0.2) is 5.96 Å². The summed E-state index contributed by atoms with van der Waals surface area (Å²) in [5, 5.41) is 6.38. The first kappa shape index (κ1) is 22.7. The number of nitrogens with one attached hydrogen (secondary N) is 2. The van der Waals surface area contributed by atoms with Crippen LogP contribution in [0.3, 0.4) is 0 Å². The maximum atomic E-state index is 12.1. The second-order valence-electron chi connectivity index (χ2n) is 7.33. The lowest BCUT2D eigenvalue weighted by Crippen LogP contribution is -2.39. The lowest BCUT2D eigenvalue weighted by atomic mass is 9.94. The highest BCUT2D eigenvalue weighted by atomic mass is 127. The maximum absolute atomic E-state index is 12.1. The Kier molecular flexibility index (Phi) is 9.38. The molecule has 0 spiro atoms. The van der Waals surface area contributed by atoms with Crippen molar-refractivity contribution in [3.05, 3.63) is 17.8 Å². The average Bonchev–Trinajstić information content (AvgIpc) is 3.23. The van der Waals surface area contributed by atoms with Crippen LogP contribution in [0.15, 0.2) is 15.6 Å². The zero-order valence-electron chi connectivity index (χ0n) is 16.3. The Morgan fingerprint density at radius 2 is 2.00 bits per heavy atom. The number of aliphatic imine (C=N–C) groups is 1. The molecule has 1 aromatic rings. The van der Waals surface area contributed by atoms with E-state index in [-0.39, 0.29) is 35.3 Å². The highest BCUT2D eigenvalue weighted by Crippen LogP contribution is 2.22. The largest absolute Gasteiger partial charge is 0.443 e. The molecule has 8 heteroatoms. The van der Waals surface area contributed by atoms with Gasteiger partial charge in [0.25, 0.3) is 0 Å². The van der Waals surface area contributed by atoms with Gasteiger partial charge in [-0.1, -0.05) is 20.8 Å². The third-order valence-electron chi connectivity index (χ3n) is 4.10. The third kappa shape index (κ3) is 7.13. The number of oxazole rings is 1. The SMILES string of the molecule is CCNC(=NCc1ncc(C(C)(C)C)o1)NCCC(=O)N1CCCC1.I. The molecule has 1 fully saturated rings. The molecule has 2 heterocycles. The molecule has 1 aliphatic rings. The number of carbonyl (C=O) groups is 1. The van der Waals surface area contributed by atoms with Gasteiger partial charge in [-0.2, -0.15) is 0 Å². The zero-order valence-corrected chi connectivity index (χ0v) is 18.6. The molecule has 1 aromatic heterocycles. The quantitative estimate of drug-likeness (QED) is 0.374. The van der Waals surface area contributed by atoms with E-state index < -0.39 is 0 Å². The van der Waals surface area contributed by atoms with Crippen molar-refractivity contribution in [2.24, 2.45) is 4.99 Å². The molecule has 1 amide bonds. The van der Waals surface area contributed by atoms with Crippen LogP contribution >= 0.6 is 24.0 Å². The van der Waals surface area contributed by atoms with Gasteiger partial charge in [-0.05, 0) is 19.8 Å². The van der Waals surface area contributed by atoms with Crippen LogP contribution in [0, 0.1) is 0 Å². The van der Waals surface area contributed by atoms with Crippen molar-refractivity contribution in [2.75, 3.05) is 26.2 Å². The van der Waals surface area contributed by atoms with Crippen molar-refractivity contribution in [3.63, 3.8) is 0 Å². The Bertz CT molecular complexity index is 589. The van der Waals surface area contributed by atoms with Gasteiger partial charge in [-0.25, -0.2) is 9.98 Å². The normalized spacial score (nSPS) is 14.9. The smallest absolute Gasteiger partial charge is 0.224 e. The fraction of sp³-hybridized carbons (Fsp3) is 0.722. The molecule has 7 nitrogen and oxygen atoms in total. The second-order valence-corrected chi connectivity index (χ2v) is 7.33. The average molecular weight is 477 g/mol. The van der Waals surface area contributed by atoms with E-state index in [1.165, 1.54) is 0 Å². The van der Waals surface area contributed by atoms with E-state index in [1.807, 2.05) is 11.8 Å². The summed E-state index contributed by atoms with van der Waals surface area (Å²) in [6.45, 7) is 11.8. The van der Waals surface area contributed by atoms with E-state index in [9.17, 15) is 4.79 Å². The van der Waals surface area contributed by atoms with Crippen molar-refractivity contribution in [3.8, 4) is 0 Å². The Morgan fingerprint density at radius 3 is 2.58 bits per heavy atom. The molecule has 0 aromatic carbocycles. The van der Waals surface area contributed by atoms with E-state index in [4.69, 9.17) is 4.42 Å². The summed E-state index contributed by atoms with van der Waals surface area (Å²) in [7, 11) is 0. The number of rotatable bonds is 6. The molecule has 2 N–H and O–H groups in total. The fourth-order valence-electron chi connectivity index (χ4n) is 2.63. The van der Waals surface area contributed by atoms with Gasteiger partial charge in [0.1, 0.15) is 12.3 Å². The summed E-state index contributed by atoms with van der Waals surface area (Å²) in [6.07, 6.45) is 4.49. The topological polar surface area (TPSA) is 82.8 Å². The molecular formula is C18H32IN5O2. The maximum Gasteiger partial charge on any atom is 0.224 e. The monoisotopic (exact) mass is 477 g/mol. The molecule has 0 atom stereocenters. The van der Waals surface area contributed by atoms with Gasteiger partial charge in [-0.3, -0.25) is 4.79 Å². The molecular weight excluding hydrogens is 445 g/mol. The van der Waals surface area contributed by atoms with Crippen LogP contribution in [0.2, 0.25) is 0 Å². The Labute approximate surface area is 173 Å². The number of hydrogen-bond donors (Lipinski definition) is 2. The van der Waals surface area contributed by atoms with Crippen LogP contribution in [-0.2, 0) is 16.8 Å². The van der Waals surface area contributed by atoms with Gasteiger partial charge in [0.05, 0.1) is 6.20 Å².